The number of rotatable bonds is 12. The highest BCUT2D eigenvalue weighted by Gasteiger charge is 2.31. The van der Waals surface area contributed by atoms with Crippen molar-refractivity contribution in [3.8, 4) is 0 Å². The van der Waals surface area contributed by atoms with Crippen LogP contribution in [0.15, 0.2) is 30.3 Å². The quantitative estimate of drug-likeness (QED) is 0.293. The van der Waals surface area contributed by atoms with Gasteiger partial charge >= 0.3 is 12.1 Å². The Morgan fingerprint density at radius 1 is 0.914 bits per heavy atom. The van der Waals surface area contributed by atoms with Gasteiger partial charge in [-0.2, -0.15) is 0 Å². The fourth-order valence-corrected chi connectivity index (χ4v) is 3.37. The zero-order chi connectivity index (χ0) is 26.6. The molecule has 0 unspecified atom stereocenters. The van der Waals surface area contributed by atoms with E-state index < -0.39 is 47.6 Å². The van der Waals surface area contributed by atoms with Crippen molar-refractivity contribution in [3.63, 3.8) is 0 Å². The smallest absolute Gasteiger partial charge is 0.408 e. The Hall–Kier alpha value is -2.81. The monoisotopic (exact) mass is 511 g/mol. The summed E-state index contributed by atoms with van der Waals surface area (Å²) in [5.41, 5.74) is 0.0399. The molecule has 1 rings (SSSR count). The fourth-order valence-electron chi connectivity index (χ4n) is 3.16. The lowest BCUT2D eigenvalue weighted by Gasteiger charge is -2.26. The van der Waals surface area contributed by atoms with E-state index in [0.717, 1.165) is 5.56 Å². The van der Waals surface area contributed by atoms with Crippen LogP contribution in [-0.2, 0) is 30.3 Å². The van der Waals surface area contributed by atoms with Crippen LogP contribution in [0.2, 0.25) is 0 Å². The molecule has 0 aliphatic carbocycles. The number of carbonyl (C=O) groups is 4. The molecule has 0 radical (unpaired) electrons. The summed E-state index contributed by atoms with van der Waals surface area (Å²) in [6.45, 7) is 10.8. The molecular weight excluding hydrogens is 474 g/mol. The number of alkyl halides is 1. The van der Waals surface area contributed by atoms with Gasteiger partial charge in [0, 0.05) is 6.42 Å². The van der Waals surface area contributed by atoms with E-state index in [4.69, 9.17) is 21.1 Å². The highest BCUT2D eigenvalue weighted by atomic mass is 35.5. The van der Waals surface area contributed by atoms with Gasteiger partial charge in [-0.15, -0.1) is 11.6 Å². The second-order valence-electron chi connectivity index (χ2n) is 9.55. The van der Waals surface area contributed by atoms with Crippen molar-refractivity contribution in [3.05, 3.63) is 35.9 Å². The van der Waals surface area contributed by atoms with Crippen LogP contribution >= 0.6 is 11.6 Å². The predicted molar refractivity (Wildman–Crippen MR) is 134 cm³/mol. The van der Waals surface area contributed by atoms with Gasteiger partial charge in [-0.3, -0.25) is 9.59 Å². The highest BCUT2D eigenvalue weighted by Crippen LogP contribution is 2.10. The Kier molecular flexibility index (Phi) is 12.6. The first-order valence-electron chi connectivity index (χ1n) is 11.7. The zero-order valence-corrected chi connectivity index (χ0v) is 22.1. The number of alkyl carbamates (subject to hydrolysis) is 1. The molecule has 3 N–H and O–H groups in total. The van der Waals surface area contributed by atoms with Gasteiger partial charge < -0.3 is 25.4 Å². The van der Waals surface area contributed by atoms with Crippen molar-refractivity contribution >= 4 is 35.5 Å². The lowest BCUT2D eigenvalue weighted by molar-refractivity contribution is -0.148. The van der Waals surface area contributed by atoms with Crippen molar-refractivity contribution in [2.75, 3.05) is 12.5 Å². The van der Waals surface area contributed by atoms with Gasteiger partial charge in [0.2, 0.25) is 11.8 Å². The summed E-state index contributed by atoms with van der Waals surface area (Å²) in [5.74, 6) is -1.86. The fraction of sp³-hybridized carbons (Fsp3) is 0.600. The molecule has 3 atom stereocenters. The molecule has 0 aromatic heterocycles. The third-order valence-electron chi connectivity index (χ3n) is 4.67. The summed E-state index contributed by atoms with van der Waals surface area (Å²) in [5, 5.41) is 7.79. The second-order valence-corrected chi connectivity index (χ2v) is 9.86. The van der Waals surface area contributed by atoms with E-state index in [2.05, 4.69) is 16.0 Å². The SMILES string of the molecule is CCOC(=O)[C@H](CC(C)C)NC(=O)[C@H](Cc1ccccc1)NC(=O)[C@H](CCl)NC(=O)OC(C)(C)C. The Morgan fingerprint density at radius 2 is 1.49 bits per heavy atom. The number of carbonyl (C=O) groups excluding carboxylic acids is 4. The molecule has 0 saturated carbocycles. The Bertz CT molecular complexity index is 841. The molecule has 10 heteroatoms. The number of benzene rings is 1. The van der Waals surface area contributed by atoms with Gasteiger partial charge in [-0.25, -0.2) is 9.59 Å². The number of ether oxygens (including phenoxy) is 2. The van der Waals surface area contributed by atoms with E-state index in [-0.39, 0.29) is 24.8 Å². The maximum atomic E-state index is 13.2. The summed E-state index contributed by atoms with van der Waals surface area (Å²) in [7, 11) is 0. The molecule has 1 aromatic carbocycles. The Labute approximate surface area is 212 Å². The van der Waals surface area contributed by atoms with Crippen molar-refractivity contribution in [1.29, 1.82) is 0 Å². The van der Waals surface area contributed by atoms with Gasteiger partial charge in [-0.1, -0.05) is 44.2 Å². The van der Waals surface area contributed by atoms with E-state index in [0.29, 0.717) is 6.42 Å². The normalized spacial score (nSPS) is 13.8. The number of hydrogen-bond donors (Lipinski definition) is 3. The largest absolute Gasteiger partial charge is 0.464 e. The van der Waals surface area contributed by atoms with Crippen LogP contribution in [0.4, 0.5) is 4.79 Å². The number of esters is 1. The molecule has 0 bridgehead atoms. The minimum atomic E-state index is -1.13. The van der Waals surface area contributed by atoms with Gasteiger partial charge in [-0.05, 0) is 45.6 Å². The molecule has 0 aliphatic heterocycles. The summed E-state index contributed by atoms with van der Waals surface area (Å²) in [6.07, 6.45) is -0.264. The van der Waals surface area contributed by atoms with Crippen molar-refractivity contribution in [1.82, 2.24) is 16.0 Å². The maximum Gasteiger partial charge on any atom is 0.408 e. The van der Waals surface area contributed by atoms with Gasteiger partial charge in [0.1, 0.15) is 23.7 Å². The van der Waals surface area contributed by atoms with Crippen LogP contribution in [0.25, 0.3) is 0 Å². The molecule has 9 nitrogen and oxygen atoms in total. The van der Waals surface area contributed by atoms with Gasteiger partial charge in [0.25, 0.3) is 0 Å². The number of nitrogens with one attached hydrogen (secondary N) is 3. The third-order valence-corrected chi connectivity index (χ3v) is 4.98. The Balaban J connectivity index is 3.05. The van der Waals surface area contributed by atoms with Crippen LogP contribution in [0.5, 0.6) is 0 Å². The van der Waals surface area contributed by atoms with Crippen LogP contribution in [0, 0.1) is 5.92 Å². The number of amides is 3. The van der Waals surface area contributed by atoms with E-state index in [1.165, 1.54) is 0 Å². The van der Waals surface area contributed by atoms with E-state index in [1.54, 1.807) is 27.7 Å². The first-order chi connectivity index (χ1) is 16.4. The van der Waals surface area contributed by atoms with Crippen LogP contribution in [0.3, 0.4) is 0 Å². The number of hydrogen-bond acceptors (Lipinski definition) is 6. The lowest BCUT2D eigenvalue weighted by Crippen LogP contribution is -2.57. The average Bonchev–Trinajstić information content (AvgIpc) is 2.75. The maximum absolute atomic E-state index is 13.2. The van der Waals surface area contributed by atoms with E-state index in [1.807, 2.05) is 44.2 Å². The molecule has 0 aliphatic rings. The molecular formula is C25H38ClN3O6. The topological polar surface area (TPSA) is 123 Å². The summed E-state index contributed by atoms with van der Waals surface area (Å²) >= 11 is 5.93. The first kappa shape index (κ1) is 30.2. The summed E-state index contributed by atoms with van der Waals surface area (Å²) in [6, 6.07) is 6.10. The molecule has 0 spiro atoms. The molecule has 1 aromatic rings. The minimum absolute atomic E-state index is 0.116. The summed E-state index contributed by atoms with van der Waals surface area (Å²) in [4.78, 5) is 50.7. The van der Waals surface area contributed by atoms with Crippen LogP contribution in [-0.4, -0.2) is 60.1 Å². The zero-order valence-electron chi connectivity index (χ0n) is 21.4. The minimum Gasteiger partial charge on any atom is -0.464 e. The van der Waals surface area contributed by atoms with Crippen molar-refractivity contribution < 1.29 is 28.7 Å². The van der Waals surface area contributed by atoms with E-state index in [9.17, 15) is 19.2 Å². The molecule has 0 saturated heterocycles. The van der Waals surface area contributed by atoms with Gasteiger partial charge in [0.15, 0.2) is 0 Å². The molecule has 0 fully saturated rings. The highest BCUT2D eigenvalue weighted by molar-refractivity contribution is 6.20. The molecule has 196 valence electrons. The van der Waals surface area contributed by atoms with Gasteiger partial charge in [0.05, 0.1) is 12.5 Å². The Morgan fingerprint density at radius 3 is 2.00 bits per heavy atom. The van der Waals surface area contributed by atoms with Crippen molar-refractivity contribution in [2.45, 2.75) is 78.1 Å². The standard InChI is InChI=1S/C25H38ClN3O6/c1-7-34-23(32)19(13-16(2)3)28-21(30)18(14-17-11-9-8-10-12-17)27-22(31)20(15-26)29-24(33)35-25(4,5)6/h8-12,16,18-20H,7,13-15H2,1-6H3,(H,27,31)(H,28,30)(H,29,33)/t18-,19-,20-/m0/s1. The predicted octanol–water partition coefficient (Wildman–Crippen LogP) is 2.94. The molecule has 3 amide bonds. The van der Waals surface area contributed by atoms with Crippen LogP contribution < -0.4 is 16.0 Å². The lowest BCUT2D eigenvalue weighted by atomic mass is 10.0. The molecule has 35 heavy (non-hydrogen) atoms. The van der Waals surface area contributed by atoms with Crippen LogP contribution in [0.1, 0.15) is 53.5 Å². The second kappa shape index (κ2) is 14.6. The van der Waals surface area contributed by atoms with Crippen molar-refractivity contribution in [2.24, 2.45) is 5.92 Å². The molecule has 0 heterocycles. The number of halogens is 1. The summed E-state index contributed by atoms with van der Waals surface area (Å²) < 4.78 is 10.3. The third kappa shape index (κ3) is 11.9. The van der Waals surface area contributed by atoms with E-state index >= 15 is 0 Å². The first-order valence-corrected chi connectivity index (χ1v) is 12.3. The average molecular weight is 512 g/mol.